The van der Waals surface area contributed by atoms with E-state index in [1.807, 2.05) is 0 Å². The fourth-order valence-electron chi connectivity index (χ4n) is 4.37. The lowest BCUT2D eigenvalue weighted by Gasteiger charge is -2.38. The Bertz CT molecular complexity index is 300. The minimum Gasteiger partial charge on any atom is -0.311 e. The third-order valence-electron chi connectivity index (χ3n) is 5.97. The first-order valence-electron chi connectivity index (χ1n) is 9.48. The van der Waals surface area contributed by atoms with Gasteiger partial charge < -0.3 is 15.1 Å². The van der Waals surface area contributed by atoms with Crippen LogP contribution in [0.15, 0.2) is 0 Å². The molecule has 3 rings (SSSR count). The fourth-order valence-corrected chi connectivity index (χ4v) is 4.37. The van der Waals surface area contributed by atoms with Gasteiger partial charge in [0.2, 0.25) is 0 Å². The van der Waals surface area contributed by atoms with Crippen molar-refractivity contribution in [3.05, 3.63) is 0 Å². The van der Waals surface area contributed by atoms with Crippen molar-refractivity contribution >= 4 is 0 Å². The molecule has 1 unspecified atom stereocenters. The van der Waals surface area contributed by atoms with E-state index >= 15 is 0 Å². The van der Waals surface area contributed by atoms with Gasteiger partial charge in [-0.15, -0.1) is 0 Å². The average molecular weight is 293 g/mol. The first-order chi connectivity index (χ1) is 10.3. The molecule has 3 nitrogen and oxygen atoms in total. The highest BCUT2D eigenvalue weighted by Gasteiger charge is 2.32. The molecule has 122 valence electrons. The SMILES string of the molecule is CCCN1CCC(C(C)NC2CCN(C3CC3)CC2)CC1. The molecule has 0 aromatic rings. The summed E-state index contributed by atoms with van der Waals surface area (Å²) >= 11 is 0. The van der Waals surface area contributed by atoms with Crippen LogP contribution in [-0.4, -0.2) is 60.6 Å². The Kier molecular flexibility index (Phi) is 5.58. The minimum absolute atomic E-state index is 0.714. The summed E-state index contributed by atoms with van der Waals surface area (Å²) in [5.41, 5.74) is 0. The molecule has 1 aliphatic carbocycles. The molecule has 1 N–H and O–H groups in total. The van der Waals surface area contributed by atoms with Gasteiger partial charge in [0.15, 0.2) is 0 Å². The molecule has 0 bridgehead atoms. The summed E-state index contributed by atoms with van der Waals surface area (Å²) in [5.74, 6) is 0.902. The van der Waals surface area contributed by atoms with E-state index in [1.54, 1.807) is 0 Å². The number of hydrogen-bond acceptors (Lipinski definition) is 3. The molecule has 3 aliphatic rings. The lowest BCUT2D eigenvalue weighted by molar-refractivity contribution is 0.141. The predicted octanol–water partition coefficient (Wildman–Crippen LogP) is 2.71. The van der Waals surface area contributed by atoms with Crippen molar-refractivity contribution in [3.63, 3.8) is 0 Å². The summed E-state index contributed by atoms with van der Waals surface area (Å²) in [6.45, 7) is 11.4. The number of likely N-dealkylation sites (tertiary alicyclic amines) is 2. The number of rotatable bonds is 6. The van der Waals surface area contributed by atoms with Crippen LogP contribution in [0, 0.1) is 5.92 Å². The molecule has 21 heavy (non-hydrogen) atoms. The van der Waals surface area contributed by atoms with Crippen molar-refractivity contribution in [2.75, 3.05) is 32.7 Å². The Morgan fingerprint density at radius 2 is 1.62 bits per heavy atom. The summed E-state index contributed by atoms with van der Waals surface area (Å²) in [6.07, 6.45) is 9.77. The van der Waals surface area contributed by atoms with Crippen LogP contribution < -0.4 is 5.32 Å². The van der Waals surface area contributed by atoms with E-state index in [1.165, 1.54) is 77.7 Å². The predicted molar refractivity (Wildman–Crippen MR) is 89.7 cm³/mol. The average Bonchev–Trinajstić information content (AvgIpc) is 3.34. The third-order valence-corrected chi connectivity index (χ3v) is 5.97. The van der Waals surface area contributed by atoms with Gasteiger partial charge in [-0.3, -0.25) is 0 Å². The van der Waals surface area contributed by atoms with Crippen LogP contribution in [0.2, 0.25) is 0 Å². The molecule has 1 saturated carbocycles. The zero-order chi connectivity index (χ0) is 14.7. The van der Waals surface area contributed by atoms with Gasteiger partial charge in [0, 0.05) is 18.1 Å². The number of hydrogen-bond donors (Lipinski definition) is 1. The van der Waals surface area contributed by atoms with E-state index < -0.39 is 0 Å². The molecule has 2 aliphatic heterocycles. The Morgan fingerprint density at radius 3 is 2.19 bits per heavy atom. The summed E-state index contributed by atoms with van der Waals surface area (Å²) in [4.78, 5) is 5.38. The molecule has 1 atom stereocenters. The molecule has 0 amide bonds. The molecule has 2 saturated heterocycles. The lowest BCUT2D eigenvalue weighted by Crippen LogP contribution is -2.49. The highest BCUT2D eigenvalue weighted by molar-refractivity contribution is 4.90. The van der Waals surface area contributed by atoms with Crippen molar-refractivity contribution in [2.24, 2.45) is 5.92 Å². The normalized spacial score (nSPS) is 28.9. The standard InChI is InChI=1S/C18H35N3/c1-3-10-20-11-6-16(7-12-20)15(2)19-17-8-13-21(14-9-17)18-4-5-18/h15-19H,3-14H2,1-2H3. The van der Waals surface area contributed by atoms with Crippen molar-refractivity contribution in [1.82, 2.24) is 15.1 Å². The number of nitrogens with zero attached hydrogens (tertiary/aromatic N) is 2. The maximum Gasteiger partial charge on any atom is 0.00964 e. The minimum atomic E-state index is 0.714. The molecule has 3 fully saturated rings. The largest absolute Gasteiger partial charge is 0.311 e. The van der Waals surface area contributed by atoms with Gasteiger partial charge in [0.1, 0.15) is 0 Å². The van der Waals surface area contributed by atoms with Crippen LogP contribution in [0.1, 0.15) is 58.8 Å². The van der Waals surface area contributed by atoms with Crippen LogP contribution in [-0.2, 0) is 0 Å². The maximum absolute atomic E-state index is 3.97. The molecule has 2 heterocycles. The highest BCUT2D eigenvalue weighted by Crippen LogP contribution is 2.29. The van der Waals surface area contributed by atoms with Gasteiger partial charge in [-0.2, -0.15) is 0 Å². The Morgan fingerprint density at radius 1 is 0.952 bits per heavy atom. The molecule has 0 radical (unpaired) electrons. The fraction of sp³-hybridized carbons (Fsp3) is 1.00. The van der Waals surface area contributed by atoms with E-state index in [2.05, 4.69) is 29.0 Å². The summed E-state index contributed by atoms with van der Waals surface area (Å²) in [7, 11) is 0. The summed E-state index contributed by atoms with van der Waals surface area (Å²) in [6, 6.07) is 2.46. The summed E-state index contributed by atoms with van der Waals surface area (Å²) in [5, 5.41) is 3.97. The lowest BCUT2D eigenvalue weighted by atomic mass is 9.89. The second kappa shape index (κ2) is 7.43. The van der Waals surface area contributed by atoms with Crippen LogP contribution in [0.25, 0.3) is 0 Å². The van der Waals surface area contributed by atoms with Crippen molar-refractivity contribution in [1.29, 1.82) is 0 Å². The molecule has 0 spiro atoms. The Hall–Kier alpha value is -0.120. The van der Waals surface area contributed by atoms with Gasteiger partial charge in [0.05, 0.1) is 0 Å². The van der Waals surface area contributed by atoms with Gasteiger partial charge in [-0.05, 0) is 90.5 Å². The van der Waals surface area contributed by atoms with E-state index in [4.69, 9.17) is 0 Å². The van der Waals surface area contributed by atoms with Crippen molar-refractivity contribution < 1.29 is 0 Å². The highest BCUT2D eigenvalue weighted by atomic mass is 15.2. The monoisotopic (exact) mass is 293 g/mol. The molecule has 0 aromatic carbocycles. The first kappa shape index (κ1) is 15.8. The second-order valence-corrected chi connectivity index (χ2v) is 7.68. The van der Waals surface area contributed by atoms with E-state index in [9.17, 15) is 0 Å². The first-order valence-corrected chi connectivity index (χ1v) is 9.48. The van der Waals surface area contributed by atoms with E-state index in [0.717, 1.165) is 18.0 Å². The third kappa shape index (κ3) is 4.43. The summed E-state index contributed by atoms with van der Waals surface area (Å²) < 4.78 is 0. The molecular formula is C18H35N3. The Labute approximate surface area is 131 Å². The maximum atomic E-state index is 3.97. The topological polar surface area (TPSA) is 18.5 Å². The van der Waals surface area contributed by atoms with Gasteiger partial charge in [-0.25, -0.2) is 0 Å². The number of nitrogens with one attached hydrogen (secondary N) is 1. The molecule has 0 aromatic heterocycles. The van der Waals surface area contributed by atoms with Crippen LogP contribution >= 0.6 is 0 Å². The molecular weight excluding hydrogens is 258 g/mol. The van der Waals surface area contributed by atoms with Crippen LogP contribution in [0.5, 0.6) is 0 Å². The van der Waals surface area contributed by atoms with Crippen molar-refractivity contribution in [2.45, 2.75) is 76.9 Å². The molecule has 3 heteroatoms. The zero-order valence-corrected chi connectivity index (χ0v) is 14.2. The quantitative estimate of drug-likeness (QED) is 0.812. The smallest absolute Gasteiger partial charge is 0.00964 e. The van der Waals surface area contributed by atoms with Gasteiger partial charge in [0.25, 0.3) is 0 Å². The van der Waals surface area contributed by atoms with Crippen molar-refractivity contribution in [3.8, 4) is 0 Å². The van der Waals surface area contributed by atoms with Gasteiger partial charge in [-0.1, -0.05) is 6.92 Å². The number of piperidine rings is 2. The Balaban J connectivity index is 1.35. The van der Waals surface area contributed by atoms with Crippen LogP contribution in [0.4, 0.5) is 0 Å². The van der Waals surface area contributed by atoms with E-state index in [-0.39, 0.29) is 0 Å². The van der Waals surface area contributed by atoms with E-state index in [0.29, 0.717) is 6.04 Å². The van der Waals surface area contributed by atoms with Gasteiger partial charge >= 0.3 is 0 Å². The zero-order valence-electron chi connectivity index (χ0n) is 14.2. The van der Waals surface area contributed by atoms with Crippen LogP contribution in [0.3, 0.4) is 0 Å². The second-order valence-electron chi connectivity index (χ2n) is 7.68.